The SMILES string of the molecule is CCNC(=O)[C@@H](Cc1ccccc1)N(Cc1ccc(C)cc1)C(=O)CSCc1ccc(Cl)cc1. The first-order chi connectivity index (χ1) is 16.5. The monoisotopic (exact) mass is 494 g/mol. The van der Waals surface area contributed by atoms with E-state index in [4.69, 9.17) is 11.6 Å². The number of halogens is 1. The highest BCUT2D eigenvalue weighted by Crippen LogP contribution is 2.19. The minimum absolute atomic E-state index is 0.0493. The van der Waals surface area contributed by atoms with E-state index in [1.54, 1.807) is 16.7 Å². The van der Waals surface area contributed by atoms with Crippen molar-refractivity contribution in [1.29, 1.82) is 0 Å². The largest absolute Gasteiger partial charge is 0.355 e. The molecule has 0 radical (unpaired) electrons. The van der Waals surface area contributed by atoms with Crippen LogP contribution in [0.25, 0.3) is 0 Å². The predicted octanol–water partition coefficient (Wildman–Crippen LogP) is 5.66. The smallest absolute Gasteiger partial charge is 0.243 e. The number of carbonyl (C=O) groups is 2. The standard InChI is InChI=1S/C28H31ClN2O2S/c1-3-30-28(33)26(17-22-7-5-4-6-8-22)31(18-23-11-9-21(2)10-12-23)27(32)20-34-19-24-13-15-25(29)16-14-24/h4-16,26H,3,17-20H2,1-2H3,(H,30,33)/t26-/m1/s1. The van der Waals surface area contributed by atoms with Crippen molar-refractivity contribution < 1.29 is 9.59 Å². The highest BCUT2D eigenvalue weighted by Gasteiger charge is 2.30. The summed E-state index contributed by atoms with van der Waals surface area (Å²) in [5, 5.41) is 3.63. The van der Waals surface area contributed by atoms with Crippen LogP contribution in [0.2, 0.25) is 5.02 Å². The Morgan fingerprint density at radius 3 is 2.21 bits per heavy atom. The number of benzene rings is 3. The number of hydrogen-bond acceptors (Lipinski definition) is 3. The van der Waals surface area contributed by atoms with Crippen molar-refractivity contribution in [2.45, 2.75) is 38.6 Å². The lowest BCUT2D eigenvalue weighted by Gasteiger charge is -2.31. The molecule has 0 saturated carbocycles. The Bertz CT molecular complexity index is 1060. The maximum Gasteiger partial charge on any atom is 0.243 e. The van der Waals surface area contributed by atoms with Crippen LogP contribution in [0.1, 0.15) is 29.2 Å². The van der Waals surface area contributed by atoms with Crippen molar-refractivity contribution in [3.05, 3.63) is 106 Å². The lowest BCUT2D eigenvalue weighted by atomic mass is 10.0. The molecule has 0 saturated heterocycles. The average Bonchev–Trinajstić information content (AvgIpc) is 2.84. The molecule has 0 aliphatic rings. The molecule has 1 atom stereocenters. The van der Waals surface area contributed by atoms with Gasteiger partial charge < -0.3 is 10.2 Å². The van der Waals surface area contributed by atoms with E-state index in [-0.39, 0.29) is 11.8 Å². The first-order valence-electron chi connectivity index (χ1n) is 11.4. The van der Waals surface area contributed by atoms with E-state index < -0.39 is 6.04 Å². The number of nitrogens with zero attached hydrogens (tertiary/aromatic N) is 1. The molecule has 178 valence electrons. The molecule has 3 aromatic carbocycles. The molecule has 1 N–H and O–H groups in total. The lowest BCUT2D eigenvalue weighted by molar-refractivity contribution is -0.139. The highest BCUT2D eigenvalue weighted by atomic mass is 35.5. The summed E-state index contributed by atoms with van der Waals surface area (Å²) in [5.74, 6) is 0.812. The van der Waals surface area contributed by atoms with Gasteiger partial charge in [-0.3, -0.25) is 9.59 Å². The second-order valence-corrected chi connectivity index (χ2v) is 9.65. The molecule has 34 heavy (non-hydrogen) atoms. The second kappa shape index (κ2) is 13.2. The Kier molecular flexibility index (Phi) is 10.0. The summed E-state index contributed by atoms with van der Waals surface area (Å²) in [7, 11) is 0. The van der Waals surface area contributed by atoms with Crippen molar-refractivity contribution in [3.8, 4) is 0 Å². The maximum absolute atomic E-state index is 13.5. The van der Waals surface area contributed by atoms with Gasteiger partial charge in [0.2, 0.25) is 11.8 Å². The maximum atomic E-state index is 13.5. The summed E-state index contributed by atoms with van der Waals surface area (Å²) in [4.78, 5) is 28.4. The molecule has 3 aromatic rings. The summed E-state index contributed by atoms with van der Waals surface area (Å²) in [5.41, 5.74) is 4.29. The van der Waals surface area contributed by atoms with Gasteiger partial charge in [-0.2, -0.15) is 0 Å². The number of nitrogens with one attached hydrogen (secondary N) is 1. The van der Waals surface area contributed by atoms with Gasteiger partial charge in [0.1, 0.15) is 6.04 Å². The third-order valence-corrected chi connectivity index (χ3v) is 6.74. The average molecular weight is 495 g/mol. The second-order valence-electron chi connectivity index (χ2n) is 8.23. The molecule has 2 amide bonds. The first kappa shape index (κ1) is 25.9. The zero-order valence-corrected chi connectivity index (χ0v) is 21.2. The van der Waals surface area contributed by atoms with E-state index >= 15 is 0 Å². The van der Waals surface area contributed by atoms with Gasteiger partial charge >= 0.3 is 0 Å². The number of carbonyl (C=O) groups excluding carboxylic acids is 2. The van der Waals surface area contributed by atoms with Gasteiger partial charge in [-0.1, -0.05) is 83.9 Å². The normalized spacial score (nSPS) is 11.6. The highest BCUT2D eigenvalue weighted by molar-refractivity contribution is 7.99. The van der Waals surface area contributed by atoms with E-state index in [2.05, 4.69) is 5.32 Å². The van der Waals surface area contributed by atoms with Crippen LogP contribution in [-0.4, -0.2) is 35.1 Å². The molecule has 0 fully saturated rings. The van der Waals surface area contributed by atoms with Crippen LogP contribution in [0.15, 0.2) is 78.9 Å². The predicted molar refractivity (Wildman–Crippen MR) is 142 cm³/mol. The number of thioether (sulfide) groups is 1. The summed E-state index contributed by atoms with van der Waals surface area (Å²) in [6, 6.07) is 25.0. The van der Waals surface area contributed by atoms with Crippen molar-refractivity contribution in [1.82, 2.24) is 10.2 Å². The molecule has 0 spiro atoms. The van der Waals surface area contributed by atoms with E-state index in [0.717, 1.165) is 22.3 Å². The van der Waals surface area contributed by atoms with Crippen LogP contribution in [-0.2, 0) is 28.3 Å². The van der Waals surface area contributed by atoms with Crippen molar-refractivity contribution in [3.63, 3.8) is 0 Å². The van der Waals surface area contributed by atoms with E-state index in [1.807, 2.05) is 92.7 Å². The van der Waals surface area contributed by atoms with Gasteiger partial charge in [0.05, 0.1) is 5.75 Å². The Morgan fingerprint density at radius 2 is 1.56 bits per heavy atom. The zero-order chi connectivity index (χ0) is 24.3. The zero-order valence-electron chi connectivity index (χ0n) is 19.7. The summed E-state index contributed by atoms with van der Waals surface area (Å²) < 4.78 is 0. The number of rotatable bonds is 11. The molecule has 4 nitrogen and oxygen atoms in total. The molecule has 0 heterocycles. The topological polar surface area (TPSA) is 49.4 Å². The molecular weight excluding hydrogens is 464 g/mol. The number of aryl methyl sites for hydroxylation is 1. The Balaban J connectivity index is 1.81. The summed E-state index contributed by atoms with van der Waals surface area (Å²) in [6.07, 6.45) is 0.464. The Morgan fingerprint density at radius 1 is 0.912 bits per heavy atom. The Hall–Kier alpha value is -2.76. The van der Waals surface area contributed by atoms with Gasteiger partial charge in [0.15, 0.2) is 0 Å². The molecular formula is C28H31ClN2O2S. The van der Waals surface area contributed by atoms with Crippen LogP contribution in [0.5, 0.6) is 0 Å². The minimum Gasteiger partial charge on any atom is -0.355 e. The number of hydrogen-bond donors (Lipinski definition) is 1. The van der Waals surface area contributed by atoms with Gasteiger partial charge in [0.25, 0.3) is 0 Å². The Labute approximate surface area is 211 Å². The summed E-state index contributed by atoms with van der Waals surface area (Å²) in [6.45, 7) is 4.83. The van der Waals surface area contributed by atoms with Gasteiger partial charge in [0, 0.05) is 30.3 Å². The molecule has 0 aliphatic heterocycles. The van der Waals surface area contributed by atoms with Crippen molar-refractivity contribution in [2.24, 2.45) is 0 Å². The minimum atomic E-state index is -0.590. The van der Waals surface area contributed by atoms with Gasteiger partial charge in [-0.15, -0.1) is 11.8 Å². The fourth-order valence-corrected chi connectivity index (χ4v) is 4.65. The van der Waals surface area contributed by atoms with Crippen LogP contribution in [0, 0.1) is 6.92 Å². The summed E-state index contributed by atoms with van der Waals surface area (Å²) >= 11 is 7.52. The molecule has 0 aromatic heterocycles. The third-order valence-electron chi connectivity index (χ3n) is 5.50. The van der Waals surface area contributed by atoms with Crippen molar-refractivity contribution in [2.75, 3.05) is 12.3 Å². The molecule has 6 heteroatoms. The molecule has 3 rings (SSSR count). The number of amides is 2. The van der Waals surface area contributed by atoms with Crippen LogP contribution < -0.4 is 5.32 Å². The quantitative estimate of drug-likeness (QED) is 0.374. The van der Waals surface area contributed by atoms with Gasteiger partial charge in [-0.25, -0.2) is 0 Å². The van der Waals surface area contributed by atoms with E-state index in [1.165, 1.54) is 0 Å². The van der Waals surface area contributed by atoms with Gasteiger partial charge in [-0.05, 0) is 42.7 Å². The van der Waals surface area contributed by atoms with Crippen LogP contribution in [0.3, 0.4) is 0 Å². The molecule has 0 bridgehead atoms. The molecule has 0 aliphatic carbocycles. The molecule has 0 unspecified atom stereocenters. The van der Waals surface area contributed by atoms with E-state index in [9.17, 15) is 9.59 Å². The van der Waals surface area contributed by atoms with E-state index in [0.29, 0.717) is 36.0 Å². The number of likely N-dealkylation sites (N-methyl/N-ethyl adjacent to an activating group) is 1. The lowest BCUT2D eigenvalue weighted by Crippen LogP contribution is -2.51. The first-order valence-corrected chi connectivity index (χ1v) is 13.0. The van der Waals surface area contributed by atoms with Crippen LogP contribution >= 0.6 is 23.4 Å². The fraction of sp³-hybridized carbons (Fsp3) is 0.286. The van der Waals surface area contributed by atoms with Crippen molar-refractivity contribution >= 4 is 35.2 Å². The third kappa shape index (κ3) is 7.93. The van der Waals surface area contributed by atoms with Crippen LogP contribution in [0.4, 0.5) is 0 Å². The fourth-order valence-electron chi connectivity index (χ4n) is 3.66.